The highest BCUT2D eigenvalue weighted by Gasteiger charge is 1.97. The Morgan fingerprint density at radius 1 is 0.783 bits per heavy atom. The van der Waals surface area contributed by atoms with Gasteiger partial charge in [0.25, 0.3) is 0 Å². The molecule has 0 N–H and O–H groups in total. The third-order valence-corrected chi connectivity index (χ3v) is 3.81. The first-order valence-corrected chi connectivity index (χ1v) is 9.63. The van der Waals surface area contributed by atoms with Gasteiger partial charge in [0.15, 0.2) is 0 Å². The molecule has 0 rings (SSSR count). The molecular formula is C21H38O2. The fourth-order valence-electron chi connectivity index (χ4n) is 2.43. The van der Waals surface area contributed by atoms with E-state index in [0.29, 0.717) is 6.61 Å². The molecule has 0 unspecified atom stereocenters. The summed E-state index contributed by atoms with van der Waals surface area (Å²) < 4.78 is 5.14. The topological polar surface area (TPSA) is 26.3 Å². The zero-order valence-corrected chi connectivity index (χ0v) is 15.7. The van der Waals surface area contributed by atoms with Gasteiger partial charge >= 0.3 is 5.97 Å². The smallest absolute Gasteiger partial charge is 0.330 e. The first-order valence-electron chi connectivity index (χ1n) is 9.63. The molecule has 0 aromatic rings. The van der Waals surface area contributed by atoms with E-state index in [2.05, 4.69) is 19.1 Å². The molecule has 0 aromatic heterocycles. The van der Waals surface area contributed by atoms with Gasteiger partial charge in [0, 0.05) is 6.08 Å². The molecular weight excluding hydrogens is 284 g/mol. The van der Waals surface area contributed by atoms with Crippen molar-refractivity contribution in [1.82, 2.24) is 0 Å². The molecule has 0 saturated carbocycles. The van der Waals surface area contributed by atoms with Crippen LogP contribution in [0.15, 0.2) is 23.8 Å². The number of allylic oxidation sites excluding steroid dienone is 3. The fraction of sp³-hybridized carbons (Fsp3) is 0.762. The molecule has 0 aliphatic heterocycles. The normalized spacial score (nSPS) is 10.9. The third kappa shape index (κ3) is 18.9. The van der Waals surface area contributed by atoms with Gasteiger partial charge in [-0.1, -0.05) is 76.0 Å². The van der Waals surface area contributed by atoms with Crippen molar-refractivity contribution >= 4 is 5.97 Å². The SMILES string of the molecule is CCCC/C=C\CCCCCCCCCCOC(=O)C=C(C)C. The molecule has 2 nitrogen and oxygen atoms in total. The Labute approximate surface area is 144 Å². The quantitative estimate of drug-likeness (QED) is 0.144. The van der Waals surface area contributed by atoms with E-state index in [1.807, 2.05) is 13.8 Å². The lowest BCUT2D eigenvalue weighted by Crippen LogP contribution is -2.02. The van der Waals surface area contributed by atoms with Crippen LogP contribution in [0.25, 0.3) is 0 Å². The maximum absolute atomic E-state index is 11.3. The molecule has 0 aliphatic rings. The highest BCUT2D eigenvalue weighted by atomic mass is 16.5. The summed E-state index contributed by atoms with van der Waals surface area (Å²) in [7, 11) is 0. The van der Waals surface area contributed by atoms with E-state index in [-0.39, 0.29) is 5.97 Å². The van der Waals surface area contributed by atoms with Gasteiger partial charge in [0.1, 0.15) is 0 Å². The molecule has 134 valence electrons. The number of carbonyl (C=O) groups excluding carboxylic acids is 1. The van der Waals surface area contributed by atoms with Crippen molar-refractivity contribution in [3.8, 4) is 0 Å². The molecule has 0 atom stereocenters. The van der Waals surface area contributed by atoms with Crippen LogP contribution in [0.3, 0.4) is 0 Å². The van der Waals surface area contributed by atoms with Crippen molar-refractivity contribution in [3.05, 3.63) is 23.8 Å². The summed E-state index contributed by atoms with van der Waals surface area (Å²) in [5.41, 5.74) is 0.992. The van der Waals surface area contributed by atoms with Crippen LogP contribution in [0.2, 0.25) is 0 Å². The van der Waals surface area contributed by atoms with Gasteiger partial charge in [-0.15, -0.1) is 0 Å². The minimum absolute atomic E-state index is 0.200. The number of carbonyl (C=O) groups is 1. The van der Waals surface area contributed by atoms with Gasteiger partial charge in [0.05, 0.1) is 6.61 Å². The largest absolute Gasteiger partial charge is 0.463 e. The van der Waals surface area contributed by atoms with Crippen LogP contribution >= 0.6 is 0 Å². The van der Waals surface area contributed by atoms with E-state index in [0.717, 1.165) is 12.0 Å². The van der Waals surface area contributed by atoms with Crippen molar-refractivity contribution in [2.45, 2.75) is 97.8 Å². The number of hydrogen-bond donors (Lipinski definition) is 0. The molecule has 0 heterocycles. The molecule has 0 radical (unpaired) electrons. The molecule has 0 amide bonds. The summed E-state index contributed by atoms with van der Waals surface area (Å²) in [4.78, 5) is 11.3. The van der Waals surface area contributed by atoms with E-state index in [9.17, 15) is 4.79 Å². The van der Waals surface area contributed by atoms with Crippen LogP contribution in [0, 0.1) is 0 Å². The maximum atomic E-state index is 11.3. The highest BCUT2D eigenvalue weighted by molar-refractivity contribution is 5.82. The lowest BCUT2D eigenvalue weighted by molar-refractivity contribution is -0.137. The lowest BCUT2D eigenvalue weighted by atomic mass is 10.1. The molecule has 0 spiro atoms. The first kappa shape index (κ1) is 21.9. The molecule has 0 bridgehead atoms. The van der Waals surface area contributed by atoms with Gasteiger partial charge in [-0.05, 0) is 39.5 Å². The van der Waals surface area contributed by atoms with Crippen molar-refractivity contribution in [2.24, 2.45) is 0 Å². The minimum atomic E-state index is -0.200. The Morgan fingerprint density at radius 3 is 1.87 bits per heavy atom. The van der Waals surface area contributed by atoms with Gasteiger partial charge in [-0.25, -0.2) is 4.79 Å². The number of ether oxygens (including phenoxy) is 1. The Morgan fingerprint density at radius 2 is 1.30 bits per heavy atom. The Kier molecular flexibility index (Phi) is 16.5. The lowest BCUT2D eigenvalue weighted by Gasteiger charge is -2.03. The Hall–Kier alpha value is -1.05. The van der Waals surface area contributed by atoms with Crippen molar-refractivity contribution in [2.75, 3.05) is 6.61 Å². The van der Waals surface area contributed by atoms with Crippen molar-refractivity contribution in [1.29, 1.82) is 0 Å². The van der Waals surface area contributed by atoms with E-state index >= 15 is 0 Å². The second-order valence-corrected chi connectivity index (χ2v) is 6.62. The predicted octanol–water partition coefficient (Wildman–Crippen LogP) is 6.75. The zero-order chi connectivity index (χ0) is 17.2. The molecule has 0 aliphatic carbocycles. The number of rotatable bonds is 15. The number of hydrogen-bond acceptors (Lipinski definition) is 2. The van der Waals surface area contributed by atoms with Crippen LogP contribution in [-0.2, 0) is 9.53 Å². The first-order chi connectivity index (χ1) is 11.2. The summed E-state index contributed by atoms with van der Waals surface area (Å²) >= 11 is 0. The zero-order valence-electron chi connectivity index (χ0n) is 15.7. The third-order valence-electron chi connectivity index (χ3n) is 3.81. The molecule has 0 saturated heterocycles. The monoisotopic (exact) mass is 322 g/mol. The number of unbranched alkanes of at least 4 members (excludes halogenated alkanes) is 10. The summed E-state index contributed by atoms with van der Waals surface area (Å²) in [5.74, 6) is -0.200. The fourth-order valence-corrected chi connectivity index (χ4v) is 2.43. The highest BCUT2D eigenvalue weighted by Crippen LogP contribution is 2.10. The summed E-state index contributed by atoms with van der Waals surface area (Å²) in [5, 5.41) is 0. The van der Waals surface area contributed by atoms with E-state index in [1.165, 1.54) is 70.6 Å². The molecule has 23 heavy (non-hydrogen) atoms. The molecule has 0 fully saturated rings. The van der Waals surface area contributed by atoms with Gasteiger partial charge in [-0.3, -0.25) is 0 Å². The number of esters is 1. The second-order valence-electron chi connectivity index (χ2n) is 6.62. The van der Waals surface area contributed by atoms with Crippen LogP contribution in [0.5, 0.6) is 0 Å². The average Bonchev–Trinajstić information content (AvgIpc) is 2.50. The standard InChI is InChI=1S/C21H38O2/c1-4-5-6-7-8-9-10-11-12-13-14-15-16-17-18-23-21(22)19-20(2)3/h7-8,19H,4-6,9-18H2,1-3H3/b8-7-. The van der Waals surface area contributed by atoms with Gasteiger partial charge in [0.2, 0.25) is 0 Å². The minimum Gasteiger partial charge on any atom is -0.463 e. The van der Waals surface area contributed by atoms with Crippen molar-refractivity contribution < 1.29 is 9.53 Å². The van der Waals surface area contributed by atoms with Crippen LogP contribution in [-0.4, -0.2) is 12.6 Å². The Bertz CT molecular complexity index is 325. The second kappa shape index (κ2) is 17.3. The van der Waals surface area contributed by atoms with Crippen molar-refractivity contribution in [3.63, 3.8) is 0 Å². The van der Waals surface area contributed by atoms with E-state index < -0.39 is 0 Å². The summed E-state index contributed by atoms with van der Waals surface area (Å²) in [6, 6.07) is 0. The van der Waals surface area contributed by atoms with Gasteiger partial charge in [-0.2, -0.15) is 0 Å². The summed E-state index contributed by atoms with van der Waals surface area (Å²) in [6.07, 6.45) is 21.5. The summed E-state index contributed by atoms with van der Waals surface area (Å²) in [6.45, 7) is 6.62. The van der Waals surface area contributed by atoms with Crippen LogP contribution < -0.4 is 0 Å². The van der Waals surface area contributed by atoms with E-state index in [1.54, 1.807) is 6.08 Å². The predicted molar refractivity (Wildman–Crippen MR) is 101 cm³/mol. The molecule has 0 aromatic carbocycles. The van der Waals surface area contributed by atoms with Crippen LogP contribution in [0.1, 0.15) is 97.8 Å². The Balaban J connectivity index is 3.18. The molecule has 2 heteroatoms. The van der Waals surface area contributed by atoms with Gasteiger partial charge < -0.3 is 4.74 Å². The van der Waals surface area contributed by atoms with E-state index in [4.69, 9.17) is 4.74 Å². The van der Waals surface area contributed by atoms with Crippen LogP contribution in [0.4, 0.5) is 0 Å². The average molecular weight is 323 g/mol. The maximum Gasteiger partial charge on any atom is 0.330 e.